The van der Waals surface area contributed by atoms with Gasteiger partial charge in [-0.15, -0.1) is 5.10 Å². The van der Waals surface area contributed by atoms with Crippen molar-refractivity contribution in [3.8, 4) is 0 Å². The van der Waals surface area contributed by atoms with Gasteiger partial charge in [-0.25, -0.2) is 9.89 Å². The molecule has 0 aliphatic heterocycles. The zero-order valence-corrected chi connectivity index (χ0v) is 14.0. The number of hydrogen-bond donors (Lipinski definition) is 2. The summed E-state index contributed by atoms with van der Waals surface area (Å²) < 4.78 is 2.58. The molecule has 20 heavy (non-hydrogen) atoms. The van der Waals surface area contributed by atoms with E-state index in [4.69, 9.17) is 5.73 Å². The molecule has 0 saturated carbocycles. The molecule has 2 aromatic rings. The molecule has 1 aromatic heterocycles. The van der Waals surface area contributed by atoms with Gasteiger partial charge in [0.15, 0.2) is 5.16 Å². The van der Waals surface area contributed by atoms with E-state index in [9.17, 15) is 4.79 Å². The first-order valence-electron chi connectivity index (χ1n) is 6.30. The summed E-state index contributed by atoms with van der Waals surface area (Å²) >= 11 is 4.98. The van der Waals surface area contributed by atoms with Crippen molar-refractivity contribution in [3.63, 3.8) is 0 Å². The number of rotatable bonds is 4. The fourth-order valence-corrected chi connectivity index (χ4v) is 3.41. The molecule has 0 unspecified atom stereocenters. The Labute approximate surface area is 130 Å². The monoisotopic (exact) mass is 356 g/mol. The van der Waals surface area contributed by atoms with Crippen molar-refractivity contribution >= 4 is 27.7 Å². The third kappa shape index (κ3) is 3.16. The van der Waals surface area contributed by atoms with Crippen LogP contribution in [0.2, 0.25) is 0 Å². The molecule has 108 valence electrons. The maximum absolute atomic E-state index is 11.7. The Balaban J connectivity index is 2.34. The van der Waals surface area contributed by atoms with E-state index in [0.29, 0.717) is 5.16 Å². The summed E-state index contributed by atoms with van der Waals surface area (Å²) in [5, 5.41) is 7.22. The van der Waals surface area contributed by atoms with Crippen molar-refractivity contribution in [1.29, 1.82) is 0 Å². The summed E-state index contributed by atoms with van der Waals surface area (Å²) in [5.74, 6) is 0. The minimum absolute atomic E-state index is 0.00965. The van der Waals surface area contributed by atoms with Gasteiger partial charge in [0.25, 0.3) is 0 Å². The molecule has 5 nitrogen and oxygen atoms in total. The van der Waals surface area contributed by atoms with Gasteiger partial charge < -0.3 is 5.73 Å². The number of nitrogens with zero attached hydrogens (tertiary/aromatic N) is 2. The summed E-state index contributed by atoms with van der Waals surface area (Å²) in [6.45, 7) is 5.85. The van der Waals surface area contributed by atoms with Crippen LogP contribution in [0.4, 0.5) is 0 Å². The lowest BCUT2D eigenvalue weighted by Crippen LogP contribution is -2.19. The predicted molar refractivity (Wildman–Crippen MR) is 84.1 cm³/mol. The summed E-state index contributed by atoms with van der Waals surface area (Å²) in [7, 11) is 0. The first kappa shape index (κ1) is 15.3. The molecule has 0 aliphatic rings. The minimum atomic E-state index is -0.189. The van der Waals surface area contributed by atoms with Gasteiger partial charge in [-0.3, -0.25) is 4.57 Å². The minimum Gasteiger partial charge on any atom is -0.324 e. The van der Waals surface area contributed by atoms with E-state index in [0.717, 1.165) is 14.9 Å². The highest BCUT2D eigenvalue weighted by Crippen LogP contribution is 2.34. The van der Waals surface area contributed by atoms with Crippen LogP contribution in [-0.2, 0) is 0 Å². The second-order valence-electron chi connectivity index (χ2n) is 4.86. The van der Waals surface area contributed by atoms with Crippen LogP contribution < -0.4 is 11.4 Å². The molecular weight excluding hydrogens is 340 g/mol. The average Bonchev–Trinajstić information content (AvgIpc) is 2.72. The predicted octanol–water partition coefficient (Wildman–Crippen LogP) is 3.09. The highest BCUT2D eigenvalue weighted by atomic mass is 79.9. The zero-order valence-electron chi connectivity index (χ0n) is 11.6. The van der Waals surface area contributed by atoms with Gasteiger partial charge in [0.2, 0.25) is 0 Å². The zero-order chi connectivity index (χ0) is 14.9. The lowest BCUT2D eigenvalue weighted by atomic mass is 10.1. The molecule has 1 aromatic carbocycles. The first-order valence-corrected chi connectivity index (χ1v) is 7.91. The van der Waals surface area contributed by atoms with E-state index in [1.165, 1.54) is 11.8 Å². The maximum atomic E-state index is 11.7. The van der Waals surface area contributed by atoms with E-state index in [1.54, 1.807) is 4.57 Å². The smallest absolute Gasteiger partial charge is 0.324 e. The normalized spacial score (nSPS) is 12.9. The third-order valence-electron chi connectivity index (χ3n) is 2.87. The van der Waals surface area contributed by atoms with E-state index in [-0.39, 0.29) is 17.8 Å². The third-order valence-corrected chi connectivity index (χ3v) is 4.84. The SMILES string of the molecule is CC(C)n1c(Sc2ccc([C@H](C)N)cc2Br)n[nH]c1=O. The number of H-pyrrole nitrogens is 1. The van der Waals surface area contributed by atoms with Crippen LogP contribution in [0.15, 0.2) is 37.5 Å². The van der Waals surface area contributed by atoms with E-state index in [1.807, 2.05) is 39.0 Å². The van der Waals surface area contributed by atoms with E-state index < -0.39 is 0 Å². The largest absolute Gasteiger partial charge is 0.344 e. The highest BCUT2D eigenvalue weighted by Gasteiger charge is 2.14. The van der Waals surface area contributed by atoms with Crippen molar-refractivity contribution in [2.75, 3.05) is 0 Å². The number of nitrogens with two attached hydrogens (primary N) is 1. The lowest BCUT2D eigenvalue weighted by molar-refractivity contribution is 0.534. The van der Waals surface area contributed by atoms with Crippen LogP contribution in [0.1, 0.15) is 38.4 Å². The quantitative estimate of drug-likeness (QED) is 0.882. The number of benzene rings is 1. The Hall–Kier alpha value is -1.05. The summed E-state index contributed by atoms with van der Waals surface area (Å²) in [6.07, 6.45) is 0. The number of nitrogens with one attached hydrogen (secondary N) is 1. The van der Waals surface area contributed by atoms with Crippen LogP contribution in [0.25, 0.3) is 0 Å². The Kier molecular flexibility index (Phi) is 4.72. The summed E-state index contributed by atoms with van der Waals surface area (Å²) in [6, 6.07) is 6.02. The maximum Gasteiger partial charge on any atom is 0.344 e. The number of aromatic nitrogens is 3. The average molecular weight is 357 g/mol. The van der Waals surface area contributed by atoms with Crippen LogP contribution in [0.5, 0.6) is 0 Å². The molecule has 2 rings (SSSR count). The summed E-state index contributed by atoms with van der Waals surface area (Å²) in [4.78, 5) is 12.7. The van der Waals surface area contributed by atoms with Crippen molar-refractivity contribution in [2.45, 2.75) is 42.9 Å². The molecule has 0 spiro atoms. The van der Waals surface area contributed by atoms with Gasteiger partial charge in [-0.05, 0) is 66.2 Å². The molecule has 7 heteroatoms. The molecule has 0 fully saturated rings. The van der Waals surface area contributed by atoms with Crippen molar-refractivity contribution in [3.05, 3.63) is 38.7 Å². The molecule has 0 radical (unpaired) electrons. The Morgan fingerprint density at radius 1 is 1.40 bits per heavy atom. The number of aromatic amines is 1. The fraction of sp³-hybridized carbons (Fsp3) is 0.385. The molecule has 0 amide bonds. The van der Waals surface area contributed by atoms with Gasteiger partial charge in [-0.2, -0.15) is 0 Å². The molecule has 1 heterocycles. The van der Waals surface area contributed by atoms with Crippen LogP contribution in [0.3, 0.4) is 0 Å². The van der Waals surface area contributed by atoms with Gasteiger partial charge in [0, 0.05) is 21.5 Å². The summed E-state index contributed by atoms with van der Waals surface area (Å²) in [5.41, 5.74) is 6.73. The Morgan fingerprint density at radius 3 is 2.65 bits per heavy atom. The topological polar surface area (TPSA) is 76.7 Å². The molecule has 3 N–H and O–H groups in total. The Bertz CT molecular complexity index is 663. The lowest BCUT2D eigenvalue weighted by Gasteiger charge is -2.11. The second-order valence-corrected chi connectivity index (χ2v) is 6.72. The van der Waals surface area contributed by atoms with E-state index >= 15 is 0 Å². The van der Waals surface area contributed by atoms with Crippen LogP contribution in [-0.4, -0.2) is 14.8 Å². The highest BCUT2D eigenvalue weighted by molar-refractivity contribution is 9.10. The van der Waals surface area contributed by atoms with Crippen LogP contribution in [0, 0.1) is 0 Å². The molecular formula is C13H17BrN4OS. The van der Waals surface area contributed by atoms with Gasteiger partial charge in [0.05, 0.1) is 0 Å². The van der Waals surface area contributed by atoms with E-state index in [2.05, 4.69) is 26.1 Å². The Morgan fingerprint density at radius 2 is 2.10 bits per heavy atom. The molecule has 0 aliphatic carbocycles. The molecule has 0 bridgehead atoms. The van der Waals surface area contributed by atoms with Gasteiger partial charge in [-0.1, -0.05) is 6.07 Å². The molecule has 0 saturated heterocycles. The van der Waals surface area contributed by atoms with Crippen molar-refractivity contribution in [2.24, 2.45) is 5.73 Å². The van der Waals surface area contributed by atoms with Crippen molar-refractivity contribution in [1.82, 2.24) is 14.8 Å². The number of hydrogen-bond acceptors (Lipinski definition) is 4. The standard InChI is InChI=1S/C13H17BrN4OS/c1-7(2)18-12(19)16-17-13(18)20-11-5-4-9(8(3)15)6-10(11)14/h4-8H,15H2,1-3H3,(H,16,19)/t8-/m0/s1. The van der Waals surface area contributed by atoms with Crippen molar-refractivity contribution < 1.29 is 0 Å². The first-order chi connectivity index (χ1) is 9.40. The van der Waals surface area contributed by atoms with Gasteiger partial charge >= 0.3 is 5.69 Å². The molecule has 1 atom stereocenters. The van der Waals surface area contributed by atoms with Gasteiger partial charge in [0.1, 0.15) is 0 Å². The van der Waals surface area contributed by atoms with Crippen LogP contribution >= 0.6 is 27.7 Å². The fourth-order valence-electron chi connectivity index (χ4n) is 1.80. The number of halogens is 1. The second kappa shape index (κ2) is 6.15.